The first kappa shape index (κ1) is 15.5. The fourth-order valence-corrected chi connectivity index (χ4v) is 1.76. The second-order valence-electron chi connectivity index (χ2n) is 4.56. The second kappa shape index (κ2) is 7.14. The van der Waals surface area contributed by atoms with E-state index in [1.165, 1.54) is 0 Å². The molecule has 1 aromatic carbocycles. The summed E-state index contributed by atoms with van der Waals surface area (Å²) in [5.74, 6) is 0.384. The van der Waals surface area contributed by atoms with Crippen molar-refractivity contribution in [2.24, 2.45) is 0 Å². The van der Waals surface area contributed by atoms with E-state index in [9.17, 15) is 4.79 Å². The first-order valence-corrected chi connectivity index (χ1v) is 6.60. The molecule has 0 aliphatic carbocycles. The van der Waals surface area contributed by atoms with Gasteiger partial charge in [0, 0.05) is 11.6 Å². The lowest BCUT2D eigenvalue weighted by Crippen LogP contribution is -2.27. The molecule has 0 aliphatic heterocycles. The quantitative estimate of drug-likeness (QED) is 0.803. The van der Waals surface area contributed by atoms with E-state index < -0.39 is 6.10 Å². The summed E-state index contributed by atoms with van der Waals surface area (Å²) in [7, 11) is 1.89. The molecule has 4 nitrogen and oxygen atoms in total. The fraction of sp³-hybridized carbons (Fsp3) is 0.533. The minimum Gasteiger partial charge on any atom is -0.479 e. The molecule has 2 atom stereocenters. The molecule has 0 spiro atoms. The zero-order valence-electron chi connectivity index (χ0n) is 12.3. The Morgan fingerprint density at radius 3 is 2.63 bits per heavy atom. The van der Waals surface area contributed by atoms with Crippen LogP contribution in [-0.4, -0.2) is 25.7 Å². The summed E-state index contributed by atoms with van der Waals surface area (Å²) in [4.78, 5) is 11.6. The summed E-state index contributed by atoms with van der Waals surface area (Å²) in [6.07, 6.45) is -0.607. The van der Waals surface area contributed by atoms with Gasteiger partial charge in [-0.15, -0.1) is 0 Å². The third kappa shape index (κ3) is 4.24. The Morgan fingerprint density at radius 1 is 1.37 bits per heavy atom. The van der Waals surface area contributed by atoms with Crippen LogP contribution >= 0.6 is 0 Å². The van der Waals surface area contributed by atoms with Gasteiger partial charge in [-0.2, -0.15) is 0 Å². The van der Waals surface area contributed by atoms with Gasteiger partial charge in [0.25, 0.3) is 0 Å². The van der Waals surface area contributed by atoms with E-state index in [2.05, 4.69) is 5.32 Å². The van der Waals surface area contributed by atoms with Gasteiger partial charge in [-0.25, -0.2) is 4.79 Å². The van der Waals surface area contributed by atoms with Crippen molar-refractivity contribution in [1.29, 1.82) is 0 Å². The molecule has 0 fully saturated rings. The highest BCUT2D eigenvalue weighted by Gasteiger charge is 2.19. The molecule has 0 radical (unpaired) electrons. The van der Waals surface area contributed by atoms with Gasteiger partial charge in [0.2, 0.25) is 0 Å². The second-order valence-corrected chi connectivity index (χ2v) is 4.56. The fourth-order valence-electron chi connectivity index (χ4n) is 1.76. The number of esters is 1. The third-order valence-electron chi connectivity index (χ3n) is 2.99. The Balaban J connectivity index is 2.92. The number of hydrogen-bond acceptors (Lipinski definition) is 4. The van der Waals surface area contributed by atoms with E-state index in [1.807, 2.05) is 39.1 Å². The number of benzene rings is 1. The van der Waals surface area contributed by atoms with Crippen molar-refractivity contribution in [2.75, 3.05) is 13.7 Å². The van der Waals surface area contributed by atoms with Gasteiger partial charge in [0.1, 0.15) is 5.75 Å². The van der Waals surface area contributed by atoms with E-state index >= 15 is 0 Å². The number of aryl methyl sites for hydroxylation is 1. The number of ether oxygens (including phenoxy) is 2. The van der Waals surface area contributed by atoms with Crippen molar-refractivity contribution in [1.82, 2.24) is 5.32 Å². The number of hydrogen-bond donors (Lipinski definition) is 1. The average molecular weight is 265 g/mol. The Labute approximate surface area is 115 Å². The zero-order chi connectivity index (χ0) is 14.4. The van der Waals surface area contributed by atoms with Crippen LogP contribution in [0.15, 0.2) is 18.2 Å². The molecule has 0 aromatic heterocycles. The minimum absolute atomic E-state index is 0.157. The first-order valence-electron chi connectivity index (χ1n) is 6.60. The van der Waals surface area contributed by atoms with Crippen molar-refractivity contribution < 1.29 is 14.3 Å². The summed E-state index contributed by atoms with van der Waals surface area (Å²) >= 11 is 0. The summed E-state index contributed by atoms with van der Waals surface area (Å²) < 4.78 is 10.7. The molecular formula is C15H23NO3. The highest BCUT2D eigenvalue weighted by Crippen LogP contribution is 2.27. The van der Waals surface area contributed by atoms with Crippen LogP contribution in [0.25, 0.3) is 0 Å². The van der Waals surface area contributed by atoms with Crippen molar-refractivity contribution in [3.63, 3.8) is 0 Å². The SMILES string of the molecule is CCOC(=O)C(C)Oc1cc(C)ccc1C(C)NC. The normalized spacial score (nSPS) is 13.7. The average Bonchev–Trinajstić information content (AvgIpc) is 2.38. The topological polar surface area (TPSA) is 47.6 Å². The largest absolute Gasteiger partial charge is 0.479 e. The van der Waals surface area contributed by atoms with Gasteiger partial charge >= 0.3 is 5.97 Å². The Morgan fingerprint density at radius 2 is 2.05 bits per heavy atom. The van der Waals surface area contributed by atoms with Crippen LogP contribution < -0.4 is 10.1 Å². The summed E-state index contributed by atoms with van der Waals surface area (Å²) in [6.45, 7) is 7.89. The predicted octanol–water partition coefficient (Wildman–Crippen LogP) is 2.61. The minimum atomic E-state index is -0.607. The smallest absolute Gasteiger partial charge is 0.347 e. The molecule has 0 saturated heterocycles. The van der Waals surface area contributed by atoms with E-state index in [-0.39, 0.29) is 12.0 Å². The lowest BCUT2D eigenvalue weighted by Gasteiger charge is -2.20. The maximum atomic E-state index is 11.6. The van der Waals surface area contributed by atoms with Crippen LogP contribution in [0, 0.1) is 6.92 Å². The lowest BCUT2D eigenvalue weighted by molar-refractivity contribution is -0.150. The van der Waals surface area contributed by atoms with E-state index in [4.69, 9.17) is 9.47 Å². The van der Waals surface area contributed by atoms with E-state index in [0.717, 1.165) is 16.9 Å². The van der Waals surface area contributed by atoms with Gasteiger partial charge in [-0.1, -0.05) is 12.1 Å². The van der Waals surface area contributed by atoms with Crippen LogP contribution in [0.5, 0.6) is 5.75 Å². The Hall–Kier alpha value is -1.55. The molecule has 1 aromatic rings. The molecule has 0 saturated carbocycles. The Kier molecular flexibility index (Phi) is 5.83. The van der Waals surface area contributed by atoms with Gasteiger partial charge < -0.3 is 14.8 Å². The third-order valence-corrected chi connectivity index (χ3v) is 2.99. The molecular weight excluding hydrogens is 242 g/mol. The first-order chi connectivity index (χ1) is 8.99. The van der Waals surface area contributed by atoms with Crippen LogP contribution in [-0.2, 0) is 9.53 Å². The molecule has 106 valence electrons. The summed E-state index contributed by atoms with van der Waals surface area (Å²) in [5, 5.41) is 3.17. The Bertz CT molecular complexity index is 431. The van der Waals surface area contributed by atoms with Crippen molar-refractivity contribution in [3.05, 3.63) is 29.3 Å². The molecule has 0 aliphatic rings. The molecule has 4 heteroatoms. The van der Waals surface area contributed by atoms with E-state index in [0.29, 0.717) is 6.61 Å². The molecule has 1 rings (SSSR count). The van der Waals surface area contributed by atoms with Crippen LogP contribution in [0.2, 0.25) is 0 Å². The number of carbonyl (C=O) groups excluding carboxylic acids is 1. The molecule has 2 unspecified atom stereocenters. The van der Waals surface area contributed by atoms with Crippen molar-refractivity contribution in [2.45, 2.75) is 39.8 Å². The van der Waals surface area contributed by atoms with Crippen molar-refractivity contribution in [3.8, 4) is 5.75 Å². The van der Waals surface area contributed by atoms with E-state index in [1.54, 1.807) is 13.8 Å². The van der Waals surface area contributed by atoms with Crippen LogP contribution in [0.3, 0.4) is 0 Å². The number of carbonyl (C=O) groups is 1. The van der Waals surface area contributed by atoms with Crippen LogP contribution in [0.1, 0.15) is 37.9 Å². The molecule has 19 heavy (non-hydrogen) atoms. The van der Waals surface area contributed by atoms with Gasteiger partial charge in [-0.3, -0.25) is 0 Å². The maximum Gasteiger partial charge on any atom is 0.347 e. The monoisotopic (exact) mass is 265 g/mol. The van der Waals surface area contributed by atoms with Crippen LogP contribution in [0.4, 0.5) is 0 Å². The maximum absolute atomic E-state index is 11.6. The highest BCUT2D eigenvalue weighted by atomic mass is 16.6. The molecule has 1 N–H and O–H groups in total. The number of nitrogens with one attached hydrogen (secondary N) is 1. The predicted molar refractivity (Wildman–Crippen MR) is 75.4 cm³/mol. The molecule has 0 amide bonds. The summed E-state index contributed by atoms with van der Waals surface area (Å²) in [5.41, 5.74) is 2.13. The molecule has 0 heterocycles. The zero-order valence-corrected chi connectivity index (χ0v) is 12.3. The lowest BCUT2D eigenvalue weighted by atomic mass is 10.1. The van der Waals surface area contributed by atoms with Gasteiger partial charge in [0.05, 0.1) is 6.61 Å². The standard InChI is InChI=1S/C15H23NO3/c1-6-18-15(17)12(4)19-14-9-10(2)7-8-13(14)11(3)16-5/h7-9,11-12,16H,6H2,1-5H3. The van der Waals surface area contributed by atoms with Crippen molar-refractivity contribution >= 4 is 5.97 Å². The van der Waals surface area contributed by atoms with Gasteiger partial charge in [-0.05, 0) is 46.4 Å². The highest BCUT2D eigenvalue weighted by molar-refractivity contribution is 5.74. The number of rotatable bonds is 6. The molecule has 0 bridgehead atoms. The van der Waals surface area contributed by atoms with Gasteiger partial charge in [0.15, 0.2) is 6.10 Å². The summed E-state index contributed by atoms with van der Waals surface area (Å²) in [6, 6.07) is 6.15.